The van der Waals surface area contributed by atoms with Crippen molar-refractivity contribution in [3.05, 3.63) is 0 Å². The first kappa shape index (κ1) is 14.5. The molecule has 1 saturated carbocycles. The van der Waals surface area contributed by atoms with E-state index >= 15 is 0 Å². The lowest BCUT2D eigenvalue weighted by Crippen LogP contribution is -2.43. The molecule has 1 amide bonds. The fourth-order valence-corrected chi connectivity index (χ4v) is 3.94. The number of nitrogens with zero attached hydrogens (tertiary/aromatic N) is 1. The molecule has 1 unspecified atom stereocenters. The normalized spacial score (nSPS) is 22.8. The van der Waals surface area contributed by atoms with E-state index in [9.17, 15) is 13.8 Å². The Balaban J connectivity index is 1.77. The van der Waals surface area contributed by atoms with Gasteiger partial charge in [-0.3, -0.25) is 13.8 Å². The first-order valence-electron chi connectivity index (χ1n) is 6.43. The zero-order chi connectivity index (χ0) is 13.9. The van der Waals surface area contributed by atoms with Crippen molar-refractivity contribution in [1.29, 1.82) is 0 Å². The van der Waals surface area contributed by atoms with Crippen molar-refractivity contribution in [3.63, 3.8) is 0 Å². The lowest BCUT2D eigenvalue weighted by atomic mass is 10.1. The molecule has 0 aromatic heterocycles. The fraction of sp³-hybridized carbons (Fsp3) is 0.833. The zero-order valence-electron chi connectivity index (χ0n) is 10.8. The van der Waals surface area contributed by atoms with Crippen LogP contribution in [0.1, 0.15) is 19.3 Å². The van der Waals surface area contributed by atoms with Gasteiger partial charge in [0.15, 0.2) is 0 Å². The number of hydrogen-bond acceptors (Lipinski definition) is 4. The molecule has 7 heteroatoms. The summed E-state index contributed by atoms with van der Waals surface area (Å²) in [6.45, 7) is 2.16. The zero-order valence-corrected chi connectivity index (χ0v) is 11.6. The van der Waals surface area contributed by atoms with Crippen molar-refractivity contribution in [2.24, 2.45) is 5.41 Å². The van der Waals surface area contributed by atoms with Crippen molar-refractivity contribution in [3.8, 4) is 0 Å². The van der Waals surface area contributed by atoms with E-state index in [1.54, 1.807) is 4.90 Å². The fourth-order valence-electron chi connectivity index (χ4n) is 2.30. The van der Waals surface area contributed by atoms with Crippen molar-refractivity contribution in [2.45, 2.75) is 19.3 Å². The summed E-state index contributed by atoms with van der Waals surface area (Å²) in [7, 11) is -1.27. The smallest absolute Gasteiger partial charge is 0.303 e. The maximum absolute atomic E-state index is 12.0. The van der Waals surface area contributed by atoms with Gasteiger partial charge in [0, 0.05) is 29.6 Å². The topological polar surface area (TPSA) is 83.9 Å². The number of carbonyl (C=O) groups is 2. The Hall–Kier alpha value is -0.950. The molecule has 0 aromatic rings. The number of hydrogen-bond donors (Lipinski definition) is 1. The molecular weight excluding hydrogens is 270 g/mol. The molecule has 2 fully saturated rings. The third kappa shape index (κ3) is 4.28. The largest absolute Gasteiger partial charge is 0.481 e. The van der Waals surface area contributed by atoms with Crippen LogP contribution in [0.3, 0.4) is 0 Å². The number of carboxylic acid groups (broad SMARTS) is 1. The van der Waals surface area contributed by atoms with Crippen molar-refractivity contribution in [2.75, 3.05) is 37.8 Å². The molecular formula is C12H19NO5S. The lowest BCUT2D eigenvalue weighted by Gasteiger charge is -2.26. The second kappa shape index (κ2) is 6.00. The Labute approximate surface area is 114 Å². The van der Waals surface area contributed by atoms with Gasteiger partial charge in [-0.1, -0.05) is 0 Å². The maximum atomic E-state index is 12.0. The highest BCUT2D eigenvalue weighted by Crippen LogP contribution is 2.49. The van der Waals surface area contributed by atoms with Crippen LogP contribution in [0.25, 0.3) is 0 Å². The minimum atomic E-state index is -1.27. The summed E-state index contributed by atoms with van der Waals surface area (Å²) in [4.78, 5) is 24.3. The Kier molecular flexibility index (Phi) is 4.57. The van der Waals surface area contributed by atoms with E-state index in [1.165, 1.54) is 0 Å². The van der Waals surface area contributed by atoms with Crippen LogP contribution in [0.15, 0.2) is 0 Å². The maximum Gasteiger partial charge on any atom is 0.303 e. The predicted molar refractivity (Wildman–Crippen MR) is 69.2 cm³/mol. The first-order valence-corrected chi connectivity index (χ1v) is 7.92. The molecule has 1 aliphatic carbocycles. The van der Waals surface area contributed by atoms with E-state index in [0.717, 1.165) is 12.8 Å². The van der Waals surface area contributed by atoms with Crippen LogP contribution in [-0.4, -0.2) is 63.9 Å². The summed E-state index contributed by atoms with van der Waals surface area (Å²) in [6, 6.07) is 0. The highest BCUT2D eigenvalue weighted by atomic mass is 32.2. The van der Waals surface area contributed by atoms with Gasteiger partial charge in [-0.25, -0.2) is 0 Å². The molecule has 108 valence electrons. The number of carbonyl (C=O) groups excluding carboxylic acids is 1. The summed E-state index contributed by atoms with van der Waals surface area (Å²) in [5.74, 6) is -0.640. The second-order valence-corrected chi connectivity index (χ2v) is 6.75. The first-order chi connectivity index (χ1) is 9.01. The minimum Gasteiger partial charge on any atom is -0.481 e. The van der Waals surface area contributed by atoms with Crippen molar-refractivity contribution in [1.82, 2.24) is 4.90 Å². The second-order valence-electron chi connectivity index (χ2n) is 5.29. The van der Waals surface area contributed by atoms with E-state index in [1.807, 2.05) is 0 Å². The van der Waals surface area contributed by atoms with Gasteiger partial charge in [0.05, 0.1) is 19.6 Å². The molecule has 0 radical (unpaired) electrons. The van der Waals surface area contributed by atoms with Crippen molar-refractivity contribution < 1.29 is 23.6 Å². The third-order valence-electron chi connectivity index (χ3n) is 3.60. The van der Waals surface area contributed by atoms with Crippen LogP contribution < -0.4 is 0 Å². The van der Waals surface area contributed by atoms with E-state index < -0.39 is 16.8 Å². The van der Waals surface area contributed by atoms with Gasteiger partial charge < -0.3 is 14.7 Å². The molecule has 0 bridgehead atoms. The van der Waals surface area contributed by atoms with Crippen LogP contribution in [0.5, 0.6) is 0 Å². The Morgan fingerprint density at radius 3 is 2.42 bits per heavy atom. The van der Waals surface area contributed by atoms with Gasteiger partial charge in [0.1, 0.15) is 5.75 Å². The molecule has 1 N–H and O–H groups in total. The van der Waals surface area contributed by atoms with Gasteiger partial charge in [-0.2, -0.15) is 0 Å². The standard InChI is InChI=1S/C12H19NO5S/c14-10(13-3-5-18-6-4-13)8-19(17)9-12(1-2-12)7-11(15)16/h1-9H2,(H,15,16). The van der Waals surface area contributed by atoms with Crippen LogP contribution in [0, 0.1) is 5.41 Å². The average molecular weight is 289 g/mol. The molecule has 2 rings (SSSR count). The number of aliphatic carboxylic acids is 1. The summed E-state index contributed by atoms with van der Waals surface area (Å²) in [5, 5.41) is 8.80. The number of rotatable bonds is 6. The molecule has 0 aromatic carbocycles. The highest BCUT2D eigenvalue weighted by Gasteiger charge is 2.45. The molecule has 1 aliphatic heterocycles. The molecule has 1 atom stereocenters. The molecule has 0 spiro atoms. The van der Waals surface area contributed by atoms with E-state index in [-0.39, 0.29) is 23.5 Å². The SMILES string of the molecule is O=C(O)CC1(CS(=O)CC(=O)N2CCOCC2)CC1. The van der Waals surface area contributed by atoms with Gasteiger partial charge in [-0.15, -0.1) is 0 Å². The number of carboxylic acids is 1. The summed E-state index contributed by atoms with van der Waals surface area (Å²) in [6.07, 6.45) is 1.66. The van der Waals surface area contributed by atoms with Crippen molar-refractivity contribution >= 4 is 22.7 Å². The van der Waals surface area contributed by atoms with E-state index in [0.29, 0.717) is 32.1 Å². The van der Waals surface area contributed by atoms with Crippen LogP contribution in [0.4, 0.5) is 0 Å². The molecule has 6 nitrogen and oxygen atoms in total. The predicted octanol–water partition coefficient (Wildman–Crippen LogP) is -0.151. The quantitative estimate of drug-likeness (QED) is 0.735. The molecule has 1 saturated heterocycles. The van der Waals surface area contributed by atoms with Gasteiger partial charge in [0.25, 0.3) is 0 Å². The number of ether oxygens (including phenoxy) is 1. The number of morpholine rings is 1. The van der Waals surface area contributed by atoms with Crippen LogP contribution >= 0.6 is 0 Å². The Bertz CT molecular complexity index is 388. The minimum absolute atomic E-state index is 0.00136. The summed E-state index contributed by atoms with van der Waals surface area (Å²) >= 11 is 0. The Morgan fingerprint density at radius 2 is 1.89 bits per heavy atom. The molecule has 1 heterocycles. The highest BCUT2D eigenvalue weighted by molar-refractivity contribution is 7.85. The Morgan fingerprint density at radius 1 is 1.26 bits per heavy atom. The average Bonchev–Trinajstić information content (AvgIpc) is 3.08. The third-order valence-corrected chi connectivity index (χ3v) is 5.10. The summed E-state index contributed by atoms with van der Waals surface area (Å²) < 4.78 is 17.1. The van der Waals surface area contributed by atoms with E-state index in [2.05, 4.69) is 0 Å². The monoisotopic (exact) mass is 289 g/mol. The lowest BCUT2D eigenvalue weighted by molar-refractivity contribution is -0.138. The van der Waals surface area contributed by atoms with Crippen LogP contribution in [-0.2, 0) is 25.1 Å². The number of amides is 1. The van der Waals surface area contributed by atoms with Gasteiger partial charge in [-0.05, 0) is 18.3 Å². The van der Waals surface area contributed by atoms with Gasteiger partial charge in [0.2, 0.25) is 5.91 Å². The molecule has 19 heavy (non-hydrogen) atoms. The van der Waals surface area contributed by atoms with E-state index in [4.69, 9.17) is 9.84 Å². The molecule has 2 aliphatic rings. The van der Waals surface area contributed by atoms with Crippen LogP contribution in [0.2, 0.25) is 0 Å². The van der Waals surface area contributed by atoms with Gasteiger partial charge >= 0.3 is 5.97 Å². The summed E-state index contributed by atoms with van der Waals surface area (Å²) in [5.41, 5.74) is -0.317.